The minimum absolute atomic E-state index is 0.0232. The van der Waals surface area contributed by atoms with E-state index in [4.69, 9.17) is 0 Å². The van der Waals surface area contributed by atoms with E-state index < -0.39 is 10.0 Å². The highest BCUT2D eigenvalue weighted by atomic mass is 32.2. The van der Waals surface area contributed by atoms with E-state index in [1.165, 1.54) is 11.2 Å². The Kier molecular flexibility index (Phi) is 7.99. The lowest BCUT2D eigenvalue weighted by Gasteiger charge is -2.16. The van der Waals surface area contributed by atoms with Crippen molar-refractivity contribution in [2.45, 2.75) is 84.2 Å². The first-order chi connectivity index (χ1) is 15.7. The number of hydrogen-bond donors (Lipinski definition) is 1. The van der Waals surface area contributed by atoms with Crippen molar-refractivity contribution in [3.05, 3.63) is 57.6 Å². The molecule has 0 aromatic heterocycles. The lowest BCUT2D eigenvalue weighted by molar-refractivity contribution is 0.101. The molecule has 1 aliphatic heterocycles. The molecule has 0 saturated carbocycles. The molecule has 0 unspecified atom stereocenters. The van der Waals surface area contributed by atoms with Crippen molar-refractivity contribution in [1.29, 1.82) is 0 Å². The van der Waals surface area contributed by atoms with E-state index in [0.717, 1.165) is 54.4 Å². The van der Waals surface area contributed by atoms with Gasteiger partial charge in [0.1, 0.15) is 5.75 Å². The fourth-order valence-electron chi connectivity index (χ4n) is 4.23. The van der Waals surface area contributed by atoms with Crippen LogP contribution in [-0.2, 0) is 29.5 Å². The molecule has 2 aromatic rings. The number of aromatic hydroxyl groups is 1. The van der Waals surface area contributed by atoms with Gasteiger partial charge < -0.3 is 5.11 Å². The molecular formula is C27H33NO4S. The number of aryl methyl sites for hydroxylation is 1. The Labute approximate surface area is 197 Å². The van der Waals surface area contributed by atoms with Crippen LogP contribution in [0.1, 0.15) is 91.1 Å². The smallest absolute Gasteiger partial charge is 0.243 e. The third-order valence-electron chi connectivity index (χ3n) is 6.12. The van der Waals surface area contributed by atoms with E-state index in [9.17, 15) is 18.3 Å². The Hall–Kier alpha value is -2.62. The summed E-state index contributed by atoms with van der Waals surface area (Å²) in [5.41, 5.74) is 3.96. The summed E-state index contributed by atoms with van der Waals surface area (Å²) < 4.78 is 28.1. The SMILES string of the molecule is CCCCC#Cc1c2c(c(O)c(C(C)=O)c1CCCC)CN(S(=O)(=O)c1ccc(C)cc1)C2. The summed E-state index contributed by atoms with van der Waals surface area (Å²) in [7, 11) is -3.76. The molecular weight excluding hydrogens is 434 g/mol. The largest absolute Gasteiger partial charge is 0.507 e. The Morgan fingerprint density at radius 2 is 1.70 bits per heavy atom. The minimum Gasteiger partial charge on any atom is -0.507 e. The van der Waals surface area contributed by atoms with Crippen molar-refractivity contribution in [2.75, 3.05) is 0 Å². The first-order valence-corrected chi connectivity index (χ1v) is 13.1. The molecule has 33 heavy (non-hydrogen) atoms. The molecule has 1 heterocycles. The van der Waals surface area contributed by atoms with Gasteiger partial charge in [-0.1, -0.05) is 56.2 Å². The highest BCUT2D eigenvalue weighted by Gasteiger charge is 2.36. The fourth-order valence-corrected chi connectivity index (χ4v) is 5.60. The van der Waals surface area contributed by atoms with E-state index in [1.807, 2.05) is 6.92 Å². The maximum absolute atomic E-state index is 13.4. The molecule has 0 radical (unpaired) electrons. The van der Waals surface area contributed by atoms with Crippen molar-refractivity contribution in [1.82, 2.24) is 4.31 Å². The summed E-state index contributed by atoms with van der Waals surface area (Å²) in [5.74, 6) is 6.16. The molecule has 176 valence electrons. The van der Waals surface area contributed by atoms with Gasteiger partial charge in [-0.25, -0.2) is 8.42 Å². The second-order valence-corrected chi connectivity index (χ2v) is 10.6. The van der Waals surface area contributed by atoms with Gasteiger partial charge in [-0.15, -0.1) is 0 Å². The van der Waals surface area contributed by atoms with Crippen LogP contribution >= 0.6 is 0 Å². The number of carbonyl (C=O) groups excluding carboxylic acids is 1. The molecule has 0 amide bonds. The predicted molar refractivity (Wildman–Crippen MR) is 131 cm³/mol. The Balaban J connectivity index is 2.15. The molecule has 0 aliphatic carbocycles. The molecule has 5 nitrogen and oxygen atoms in total. The molecule has 1 N–H and O–H groups in total. The van der Waals surface area contributed by atoms with Crippen molar-refractivity contribution < 1.29 is 18.3 Å². The lowest BCUT2D eigenvalue weighted by Crippen LogP contribution is -2.25. The van der Waals surface area contributed by atoms with Crippen LogP contribution < -0.4 is 0 Å². The first-order valence-electron chi connectivity index (χ1n) is 11.7. The van der Waals surface area contributed by atoms with E-state index in [0.29, 0.717) is 12.0 Å². The van der Waals surface area contributed by atoms with Gasteiger partial charge in [0, 0.05) is 30.6 Å². The number of ketones is 1. The van der Waals surface area contributed by atoms with Crippen molar-refractivity contribution in [2.24, 2.45) is 0 Å². The average molecular weight is 468 g/mol. The minimum atomic E-state index is -3.76. The molecule has 0 atom stereocenters. The average Bonchev–Trinajstić information content (AvgIpc) is 3.23. The number of phenols is 1. The van der Waals surface area contributed by atoms with Crippen LogP contribution in [-0.4, -0.2) is 23.6 Å². The molecule has 0 fully saturated rings. The molecule has 0 spiro atoms. The standard InChI is InChI=1S/C27H33NO4S/c1-5-7-9-10-12-22-23(11-8-6-2)26(20(4)29)27(30)25-18-28(17-24(22)25)33(31,32)21-15-13-19(3)14-16-21/h13-16,30H,5-9,11,17-18H2,1-4H3. The van der Waals surface area contributed by atoms with Gasteiger partial charge in [0.25, 0.3) is 0 Å². The molecule has 6 heteroatoms. The van der Waals surface area contributed by atoms with E-state index >= 15 is 0 Å². The monoisotopic (exact) mass is 467 g/mol. The highest BCUT2D eigenvalue weighted by molar-refractivity contribution is 7.89. The van der Waals surface area contributed by atoms with Crippen molar-refractivity contribution in [3.8, 4) is 17.6 Å². The second-order valence-electron chi connectivity index (χ2n) is 8.69. The number of unbranched alkanes of at least 4 members (excludes halogenated alkanes) is 3. The van der Waals surface area contributed by atoms with Crippen LogP contribution in [0.3, 0.4) is 0 Å². The maximum atomic E-state index is 13.4. The summed E-state index contributed by atoms with van der Waals surface area (Å²) in [6.07, 6.45) is 5.16. The van der Waals surface area contributed by atoms with E-state index in [1.54, 1.807) is 24.3 Å². The number of benzene rings is 2. The van der Waals surface area contributed by atoms with Gasteiger partial charge in [0.05, 0.1) is 10.5 Å². The van der Waals surface area contributed by atoms with Gasteiger partial charge in [-0.3, -0.25) is 4.79 Å². The summed E-state index contributed by atoms with van der Waals surface area (Å²) in [4.78, 5) is 12.8. The molecule has 0 saturated heterocycles. The third kappa shape index (κ3) is 5.15. The summed E-state index contributed by atoms with van der Waals surface area (Å²) in [5, 5.41) is 11.1. The lowest BCUT2D eigenvalue weighted by atomic mass is 9.87. The van der Waals surface area contributed by atoms with E-state index in [2.05, 4.69) is 25.7 Å². The zero-order chi connectivity index (χ0) is 24.2. The van der Waals surface area contributed by atoms with Gasteiger partial charge >= 0.3 is 0 Å². The van der Waals surface area contributed by atoms with E-state index in [-0.39, 0.29) is 35.1 Å². The van der Waals surface area contributed by atoms with Crippen LogP contribution in [0.4, 0.5) is 0 Å². The molecule has 2 aromatic carbocycles. The zero-order valence-corrected chi connectivity index (χ0v) is 20.8. The van der Waals surface area contributed by atoms with Crippen molar-refractivity contribution >= 4 is 15.8 Å². The summed E-state index contributed by atoms with van der Waals surface area (Å²) in [6.45, 7) is 7.69. The van der Waals surface area contributed by atoms with Crippen LogP contribution in [0, 0.1) is 18.8 Å². The van der Waals surface area contributed by atoms with Gasteiger partial charge in [-0.05, 0) is 56.4 Å². The van der Waals surface area contributed by atoms with Crippen LogP contribution in [0.2, 0.25) is 0 Å². The van der Waals surface area contributed by atoms with Crippen LogP contribution in [0.5, 0.6) is 5.75 Å². The quantitative estimate of drug-likeness (QED) is 0.316. The third-order valence-corrected chi connectivity index (χ3v) is 7.93. The van der Waals surface area contributed by atoms with Crippen LogP contribution in [0.15, 0.2) is 29.2 Å². The fraction of sp³-hybridized carbons (Fsp3) is 0.444. The maximum Gasteiger partial charge on any atom is 0.243 e. The molecule has 3 rings (SSSR count). The Morgan fingerprint density at radius 3 is 2.30 bits per heavy atom. The number of carbonyl (C=O) groups is 1. The second kappa shape index (κ2) is 10.5. The van der Waals surface area contributed by atoms with Gasteiger partial charge in [0.2, 0.25) is 10.0 Å². The summed E-state index contributed by atoms with van der Waals surface area (Å²) in [6, 6.07) is 6.75. The van der Waals surface area contributed by atoms with Gasteiger partial charge in [0.15, 0.2) is 5.78 Å². The van der Waals surface area contributed by atoms with Crippen molar-refractivity contribution in [3.63, 3.8) is 0 Å². The number of rotatable bonds is 8. The first kappa shape index (κ1) is 25.0. The molecule has 1 aliphatic rings. The number of nitrogens with zero attached hydrogens (tertiary/aromatic N) is 1. The number of hydrogen-bond acceptors (Lipinski definition) is 4. The van der Waals surface area contributed by atoms with Gasteiger partial charge in [-0.2, -0.15) is 4.31 Å². The normalized spacial score (nSPS) is 13.5. The zero-order valence-electron chi connectivity index (χ0n) is 20.0. The molecule has 0 bridgehead atoms. The number of sulfonamides is 1. The topological polar surface area (TPSA) is 74.7 Å². The summed E-state index contributed by atoms with van der Waals surface area (Å²) >= 11 is 0. The highest BCUT2D eigenvalue weighted by Crippen LogP contribution is 2.41. The Morgan fingerprint density at radius 1 is 1.06 bits per heavy atom. The number of Topliss-reactive ketones (excluding diaryl/α,β-unsaturated/α-hetero) is 1. The van der Waals surface area contributed by atoms with Crippen LogP contribution in [0.25, 0.3) is 0 Å². The number of phenolic OH excluding ortho intramolecular Hbond substituents is 1. The predicted octanol–water partition coefficient (Wildman–Crippen LogP) is 5.49. The number of fused-ring (bicyclic) bond motifs is 1. The Bertz CT molecular complexity index is 1200.